The Bertz CT molecular complexity index is 6800. The second kappa shape index (κ2) is 35.0. The molecular weight excluding hydrogens is 1570 g/mol. The van der Waals surface area contributed by atoms with Gasteiger partial charge in [0.15, 0.2) is 5.78 Å². The number of hydrogen-bond donors (Lipinski definition) is 8. The van der Waals surface area contributed by atoms with Gasteiger partial charge in [-0.25, -0.2) is 0 Å². The Morgan fingerprint density at radius 3 is 0.609 bits per heavy atom. The van der Waals surface area contributed by atoms with Crippen molar-refractivity contribution in [2.45, 2.75) is 88.4 Å². The zero-order valence-corrected chi connectivity index (χ0v) is 71.2. The molecule has 0 saturated heterocycles. The summed E-state index contributed by atoms with van der Waals surface area (Å²) < 4.78 is 0. The quantitative estimate of drug-likeness (QED) is 0.0467. The minimum absolute atomic E-state index is 0.0237. The number of aryl methyl sites for hydroxylation is 2. The van der Waals surface area contributed by atoms with E-state index in [0.717, 1.165) is 99.4 Å². The van der Waals surface area contributed by atoms with Crippen molar-refractivity contribution in [1.29, 1.82) is 0 Å². The molecule has 18 aromatic carbocycles. The average Bonchev–Trinajstić information content (AvgIpc) is 1.29. The lowest BCUT2D eigenvalue weighted by molar-refractivity contribution is 0.103. The molecule has 0 radical (unpaired) electrons. The van der Waals surface area contributed by atoms with Crippen molar-refractivity contribution in [3.05, 3.63) is 556 Å². The van der Waals surface area contributed by atoms with Gasteiger partial charge in [0.05, 0.1) is 74.5 Å². The lowest BCUT2D eigenvalue weighted by Gasteiger charge is -2.41. The molecule has 0 fully saturated rings. The number of hydrogen-bond acceptors (Lipinski definition) is 9. The molecule has 4 aliphatic carbocycles. The smallest absolute Gasteiger partial charge is 0.193 e. The number of fused-ring (bicyclic) bond motifs is 13. The van der Waals surface area contributed by atoms with E-state index in [0.29, 0.717) is 11.1 Å². The van der Waals surface area contributed by atoms with Crippen LogP contribution in [0, 0.1) is 13.8 Å². The van der Waals surface area contributed by atoms with Gasteiger partial charge in [0.2, 0.25) is 0 Å². The van der Waals surface area contributed by atoms with Gasteiger partial charge < -0.3 is 40.9 Å². The zero-order valence-electron chi connectivity index (χ0n) is 71.2. The highest BCUT2D eigenvalue weighted by atomic mass is 16.3. The van der Waals surface area contributed by atoms with Gasteiger partial charge in [-0.3, -0.25) is 4.79 Å². The molecule has 0 spiro atoms. The van der Waals surface area contributed by atoms with Gasteiger partial charge in [-0.2, -0.15) is 0 Å². The van der Waals surface area contributed by atoms with E-state index < -0.39 is 21.7 Å². The molecule has 0 bridgehead atoms. The Hall–Kier alpha value is -14.2. The fourth-order valence-corrected chi connectivity index (χ4v) is 21.1. The molecular formula is C119H96O9. The molecule has 0 unspecified atom stereocenters. The fourth-order valence-electron chi connectivity index (χ4n) is 21.1. The first-order valence-corrected chi connectivity index (χ1v) is 43.6. The molecule has 626 valence electrons. The topological polar surface area (TPSA) is 179 Å². The lowest BCUT2D eigenvalue weighted by atomic mass is 9.59. The van der Waals surface area contributed by atoms with Gasteiger partial charge in [-0.15, -0.1) is 0 Å². The van der Waals surface area contributed by atoms with Crippen LogP contribution in [0.3, 0.4) is 0 Å². The first kappa shape index (κ1) is 83.4. The Balaban J connectivity index is 0.000000112. The third-order valence-corrected chi connectivity index (χ3v) is 27.2. The predicted octanol–water partition coefficient (Wildman–Crippen LogP) is 22.6. The maximum Gasteiger partial charge on any atom is 0.193 e. The van der Waals surface area contributed by atoms with E-state index >= 15 is 0 Å². The average molecular weight is 1670 g/mol. The van der Waals surface area contributed by atoms with Crippen LogP contribution in [0.4, 0.5) is 0 Å². The highest BCUT2D eigenvalue weighted by molar-refractivity contribution is 6.14. The highest BCUT2D eigenvalue weighted by Crippen LogP contribution is 2.61. The van der Waals surface area contributed by atoms with Crippen LogP contribution in [0.2, 0.25) is 0 Å². The number of ketones is 1. The second-order valence-corrected chi connectivity index (χ2v) is 33.8. The minimum Gasteiger partial charge on any atom is -0.392 e. The first-order valence-electron chi connectivity index (χ1n) is 43.6. The van der Waals surface area contributed by atoms with Crippen molar-refractivity contribution in [1.82, 2.24) is 0 Å². The molecule has 128 heavy (non-hydrogen) atoms. The number of aliphatic hydroxyl groups is 8. The number of benzene rings is 18. The molecule has 0 aromatic heterocycles. The molecule has 8 N–H and O–H groups in total. The second-order valence-electron chi connectivity index (χ2n) is 33.8. The van der Waals surface area contributed by atoms with Crippen molar-refractivity contribution in [2.75, 3.05) is 0 Å². The van der Waals surface area contributed by atoms with Crippen LogP contribution in [-0.2, 0) is 74.5 Å². The number of carbonyl (C=O) groups excluding carboxylic acids is 1. The zero-order chi connectivity index (χ0) is 87.8. The molecule has 0 atom stereocenters. The molecule has 9 nitrogen and oxygen atoms in total. The van der Waals surface area contributed by atoms with E-state index in [-0.39, 0.29) is 58.6 Å². The van der Waals surface area contributed by atoms with Crippen molar-refractivity contribution in [3.8, 4) is 33.4 Å². The Kier molecular flexibility index (Phi) is 22.8. The van der Waals surface area contributed by atoms with Crippen molar-refractivity contribution in [2.24, 2.45) is 0 Å². The first-order chi connectivity index (χ1) is 62.8. The fraction of sp³-hybridized carbons (Fsp3) is 0.118. The minimum atomic E-state index is -0.691. The molecule has 22 rings (SSSR count). The third kappa shape index (κ3) is 13.8. The van der Waals surface area contributed by atoms with Gasteiger partial charge in [0.1, 0.15) is 0 Å². The maximum atomic E-state index is 13.4. The van der Waals surface area contributed by atoms with E-state index in [1.54, 1.807) is 0 Å². The van der Waals surface area contributed by atoms with Gasteiger partial charge in [0.25, 0.3) is 0 Å². The Morgan fingerprint density at radius 1 is 0.180 bits per heavy atom. The summed E-state index contributed by atoms with van der Waals surface area (Å²) in [5.41, 5.74) is 35.0. The SMILES string of the molecule is Cc1cc(C2(c3ccc(CO)c(C)c3)c3ccccc3-c3ccccc32)ccc1CO.O=C1c2ccccc2C(c2ccc(CO)cc2)(c2ccc(CO)cc2)c2ccccc21.OCc1ccc(C2(c3ccc(CO)cc3)c3ccccc3-c3ccccc32)cc1.OCc1ccc2cc(C3(c4ccc5cc(CO)ccc5c4)c4ccccc4-c4ccccc43)ccc2c1. The number of carbonyl (C=O) groups is 1. The molecule has 4 aliphatic rings. The van der Waals surface area contributed by atoms with E-state index in [2.05, 4.69) is 269 Å². The summed E-state index contributed by atoms with van der Waals surface area (Å²) in [7, 11) is 0. The molecule has 0 amide bonds. The number of rotatable bonds is 16. The van der Waals surface area contributed by atoms with Crippen LogP contribution in [-0.4, -0.2) is 46.6 Å². The van der Waals surface area contributed by atoms with Gasteiger partial charge in [0, 0.05) is 11.1 Å². The summed E-state index contributed by atoms with van der Waals surface area (Å²) in [6.45, 7) is 4.30. The molecule has 0 aliphatic heterocycles. The monoisotopic (exact) mass is 1670 g/mol. The normalized spacial score (nSPS) is 13.8. The third-order valence-electron chi connectivity index (χ3n) is 27.2. The van der Waals surface area contributed by atoms with Crippen molar-refractivity contribution < 1.29 is 45.6 Å². The van der Waals surface area contributed by atoms with Gasteiger partial charge >= 0.3 is 0 Å². The summed E-state index contributed by atoms with van der Waals surface area (Å²) in [5.74, 6) is 0.0285. The Labute approximate surface area is 746 Å². The summed E-state index contributed by atoms with van der Waals surface area (Å²) in [6, 6.07) is 139. The van der Waals surface area contributed by atoms with E-state index in [9.17, 15) is 45.6 Å². The van der Waals surface area contributed by atoms with Gasteiger partial charge in [-0.1, -0.05) is 376 Å². The van der Waals surface area contributed by atoms with E-state index in [4.69, 9.17) is 0 Å². The summed E-state index contributed by atoms with van der Waals surface area (Å²) in [5, 5.41) is 81.5. The molecule has 18 aromatic rings. The van der Waals surface area contributed by atoms with Crippen LogP contribution in [0.25, 0.3) is 54.9 Å². The molecule has 0 heterocycles. The van der Waals surface area contributed by atoms with Crippen LogP contribution >= 0.6 is 0 Å². The van der Waals surface area contributed by atoms with E-state index in [1.165, 1.54) is 100 Å². The molecule has 9 heteroatoms. The van der Waals surface area contributed by atoms with E-state index in [1.807, 2.05) is 146 Å². The van der Waals surface area contributed by atoms with Crippen LogP contribution < -0.4 is 0 Å². The van der Waals surface area contributed by atoms with Gasteiger partial charge in [-0.05, 0) is 238 Å². The summed E-state index contributed by atoms with van der Waals surface area (Å²) >= 11 is 0. The van der Waals surface area contributed by atoms with Crippen LogP contribution in [0.15, 0.2) is 400 Å². The Morgan fingerprint density at radius 2 is 0.367 bits per heavy atom. The predicted molar refractivity (Wildman–Crippen MR) is 511 cm³/mol. The summed E-state index contributed by atoms with van der Waals surface area (Å²) in [6.07, 6.45) is 0. The summed E-state index contributed by atoms with van der Waals surface area (Å²) in [4.78, 5) is 13.4. The largest absolute Gasteiger partial charge is 0.392 e. The van der Waals surface area contributed by atoms with Crippen molar-refractivity contribution in [3.63, 3.8) is 0 Å². The standard InChI is InChI=1S/C35H26O2.C29H26O2.C28H22O3.C27H22O2/c36-21-23-9-11-27-19-29(15-13-25(27)17-23)35(30-16-14-26-18-24(22-37)10-12-28(26)20-30)33-7-3-1-5-31(33)32-6-2-4-8-34(32)35;1-19-15-23(13-11-21(19)17-30)29(24-14-12-22(18-31)20(2)16-24)27-9-5-3-7-25(27)26-8-4-6-10-28(26)29;29-17-19-9-13-21(14-10-19)28(22-15-11-20(18-30)12-16-22)25-7-3-1-5-23(25)27(31)24-6-2-4-8-26(24)28;28-17-19-9-13-21(14-10-19)27(22-15-11-20(18-29)12-16-22)25-7-3-1-5-23(25)24-6-2-4-8-26(24)27/h1-20,36-37H,21-22H2;3-16,30-31H,17-18H2,1-2H3;1-16,29-30H,17-18H2;1-16,28-29H,17-18H2. The highest BCUT2D eigenvalue weighted by Gasteiger charge is 2.51. The lowest BCUT2D eigenvalue weighted by Crippen LogP contribution is -2.38. The molecule has 0 saturated carbocycles. The van der Waals surface area contributed by atoms with Crippen LogP contribution in [0.5, 0.6) is 0 Å². The van der Waals surface area contributed by atoms with Crippen LogP contribution in [0.1, 0.15) is 161 Å². The van der Waals surface area contributed by atoms with Crippen molar-refractivity contribution >= 4 is 27.3 Å². The maximum absolute atomic E-state index is 13.4. The number of aliphatic hydroxyl groups excluding tert-OH is 8.